The average molecular weight is 354 g/mol. The summed E-state index contributed by atoms with van der Waals surface area (Å²) in [4.78, 5) is 19.4. The predicted molar refractivity (Wildman–Crippen MR) is 109 cm³/mol. The van der Waals surface area contributed by atoms with Gasteiger partial charge in [-0.25, -0.2) is 4.98 Å². The van der Waals surface area contributed by atoms with Crippen LogP contribution in [0.15, 0.2) is 83.7 Å². The third kappa shape index (κ3) is 4.12. The zero-order valence-electron chi connectivity index (χ0n) is 14.6. The molecule has 0 fully saturated rings. The molecule has 0 spiro atoms. The molecule has 1 heterocycles. The fourth-order valence-corrected chi connectivity index (χ4v) is 2.75. The number of para-hydroxylation sites is 2. The molecular weight excluding hydrogens is 336 g/mol. The molecule has 1 aromatic heterocycles. The Morgan fingerprint density at radius 2 is 1.59 bits per heavy atom. The van der Waals surface area contributed by atoms with Gasteiger partial charge in [0.2, 0.25) is 0 Å². The Morgan fingerprint density at radius 1 is 0.852 bits per heavy atom. The summed E-state index contributed by atoms with van der Waals surface area (Å²) in [6.07, 6.45) is 3.60. The van der Waals surface area contributed by atoms with Gasteiger partial charge >= 0.3 is 0 Å². The van der Waals surface area contributed by atoms with Crippen LogP contribution >= 0.6 is 0 Å². The van der Waals surface area contributed by atoms with Gasteiger partial charge in [0.25, 0.3) is 5.56 Å². The van der Waals surface area contributed by atoms with Gasteiger partial charge in [0, 0.05) is 0 Å². The molecule has 1 N–H and O–H groups in total. The number of fused-ring (bicyclic) bond motifs is 1. The van der Waals surface area contributed by atoms with E-state index in [1.54, 1.807) is 6.08 Å². The van der Waals surface area contributed by atoms with Gasteiger partial charge in [0.15, 0.2) is 0 Å². The molecule has 0 saturated carbocycles. The second-order valence-corrected chi connectivity index (χ2v) is 6.14. The highest BCUT2D eigenvalue weighted by molar-refractivity contribution is 5.76. The highest BCUT2D eigenvalue weighted by Crippen LogP contribution is 2.16. The molecule has 4 nitrogen and oxygen atoms in total. The Kier molecular flexibility index (Phi) is 4.79. The number of ether oxygens (including phenoxy) is 1. The minimum atomic E-state index is -0.201. The van der Waals surface area contributed by atoms with Gasteiger partial charge in [0.05, 0.1) is 11.0 Å². The molecule has 0 saturated heterocycles. The first-order valence-electron chi connectivity index (χ1n) is 8.72. The van der Waals surface area contributed by atoms with E-state index >= 15 is 0 Å². The first kappa shape index (κ1) is 16.8. The van der Waals surface area contributed by atoms with E-state index in [1.807, 2.05) is 84.9 Å². The smallest absolute Gasteiger partial charge is 0.274 e. The number of nitrogens with zero attached hydrogens (tertiary/aromatic N) is 1. The van der Waals surface area contributed by atoms with Crippen LogP contribution in [0.2, 0.25) is 0 Å². The van der Waals surface area contributed by atoms with Crippen LogP contribution in [0, 0.1) is 0 Å². The van der Waals surface area contributed by atoms with E-state index < -0.39 is 0 Å². The summed E-state index contributed by atoms with van der Waals surface area (Å²) in [7, 11) is 0. The summed E-state index contributed by atoms with van der Waals surface area (Å²) in [5.74, 6) is 0.803. The van der Waals surface area contributed by atoms with E-state index in [1.165, 1.54) is 0 Å². The zero-order chi connectivity index (χ0) is 18.5. The van der Waals surface area contributed by atoms with Crippen molar-refractivity contribution in [3.05, 3.63) is 106 Å². The Labute approximate surface area is 156 Å². The molecule has 0 radical (unpaired) electrons. The SMILES string of the molecule is O=c1[nH]c2ccccc2nc1/C=C/c1ccc(OCc2ccccc2)cc1. The lowest BCUT2D eigenvalue weighted by Crippen LogP contribution is -2.11. The second kappa shape index (κ2) is 7.70. The van der Waals surface area contributed by atoms with E-state index in [0.29, 0.717) is 12.3 Å². The van der Waals surface area contributed by atoms with Gasteiger partial charge in [-0.2, -0.15) is 0 Å². The first-order valence-corrected chi connectivity index (χ1v) is 8.72. The molecule has 0 aliphatic heterocycles. The fraction of sp³-hybridized carbons (Fsp3) is 0.0435. The number of benzene rings is 3. The predicted octanol–water partition coefficient (Wildman–Crippen LogP) is 4.67. The third-order valence-corrected chi connectivity index (χ3v) is 4.19. The summed E-state index contributed by atoms with van der Waals surface area (Å²) in [6, 6.07) is 25.3. The molecule has 0 atom stereocenters. The quantitative estimate of drug-likeness (QED) is 0.566. The summed E-state index contributed by atoms with van der Waals surface area (Å²) < 4.78 is 5.79. The van der Waals surface area contributed by atoms with Crippen molar-refractivity contribution in [2.75, 3.05) is 0 Å². The summed E-state index contributed by atoms with van der Waals surface area (Å²) in [5.41, 5.74) is 3.78. The number of hydrogen-bond donors (Lipinski definition) is 1. The van der Waals surface area contributed by atoms with Crippen LogP contribution in [-0.2, 0) is 6.61 Å². The van der Waals surface area contributed by atoms with Gasteiger partial charge in [-0.15, -0.1) is 0 Å². The summed E-state index contributed by atoms with van der Waals surface area (Å²) >= 11 is 0. The lowest BCUT2D eigenvalue weighted by Gasteiger charge is -2.06. The van der Waals surface area contributed by atoms with Crippen molar-refractivity contribution < 1.29 is 4.74 Å². The van der Waals surface area contributed by atoms with Crippen molar-refractivity contribution in [2.24, 2.45) is 0 Å². The van der Waals surface area contributed by atoms with Gasteiger partial charge in [0.1, 0.15) is 18.1 Å². The largest absolute Gasteiger partial charge is 0.489 e. The topological polar surface area (TPSA) is 55.0 Å². The minimum absolute atomic E-state index is 0.201. The molecule has 0 aliphatic carbocycles. The molecule has 132 valence electrons. The van der Waals surface area contributed by atoms with E-state index in [2.05, 4.69) is 9.97 Å². The van der Waals surface area contributed by atoms with Gasteiger partial charge < -0.3 is 9.72 Å². The maximum Gasteiger partial charge on any atom is 0.274 e. The second-order valence-electron chi connectivity index (χ2n) is 6.14. The zero-order valence-corrected chi connectivity index (χ0v) is 14.6. The third-order valence-electron chi connectivity index (χ3n) is 4.19. The van der Waals surface area contributed by atoms with Gasteiger partial charge in [-0.3, -0.25) is 4.79 Å². The molecule has 4 heteroatoms. The fourth-order valence-electron chi connectivity index (χ4n) is 2.75. The maximum atomic E-state index is 12.1. The monoisotopic (exact) mass is 354 g/mol. The van der Waals surface area contributed by atoms with Crippen LogP contribution in [0.1, 0.15) is 16.8 Å². The van der Waals surface area contributed by atoms with E-state index in [9.17, 15) is 4.79 Å². The van der Waals surface area contributed by atoms with Crippen LogP contribution in [0.3, 0.4) is 0 Å². The number of aromatic nitrogens is 2. The van der Waals surface area contributed by atoms with Crippen LogP contribution in [0.25, 0.3) is 23.2 Å². The van der Waals surface area contributed by atoms with Crippen LogP contribution in [0.5, 0.6) is 5.75 Å². The number of rotatable bonds is 5. The number of hydrogen-bond acceptors (Lipinski definition) is 3. The van der Waals surface area contributed by atoms with Crippen LogP contribution in [0.4, 0.5) is 0 Å². The van der Waals surface area contributed by atoms with Crippen molar-refractivity contribution in [3.8, 4) is 5.75 Å². The van der Waals surface area contributed by atoms with Crippen molar-refractivity contribution in [1.82, 2.24) is 9.97 Å². The Balaban J connectivity index is 1.46. The molecule has 0 unspecified atom stereocenters. The van der Waals surface area contributed by atoms with E-state index in [-0.39, 0.29) is 5.56 Å². The highest BCUT2D eigenvalue weighted by atomic mass is 16.5. The van der Waals surface area contributed by atoms with Crippen LogP contribution < -0.4 is 10.3 Å². The molecular formula is C23H18N2O2. The van der Waals surface area contributed by atoms with Crippen molar-refractivity contribution in [2.45, 2.75) is 6.61 Å². The Morgan fingerprint density at radius 3 is 2.41 bits per heavy atom. The number of aromatic amines is 1. The molecule has 27 heavy (non-hydrogen) atoms. The van der Waals surface area contributed by atoms with Crippen molar-refractivity contribution in [1.29, 1.82) is 0 Å². The maximum absolute atomic E-state index is 12.1. The Hall–Kier alpha value is -3.66. The number of nitrogens with one attached hydrogen (secondary N) is 1. The van der Waals surface area contributed by atoms with Crippen molar-refractivity contribution in [3.63, 3.8) is 0 Å². The van der Waals surface area contributed by atoms with Gasteiger partial charge in [-0.05, 0) is 41.5 Å². The molecule has 0 aliphatic rings. The summed E-state index contributed by atoms with van der Waals surface area (Å²) in [5, 5.41) is 0. The van der Waals surface area contributed by atoms with E-state index in [0.717, 1.165) is 27.9 Å². The van der Waals surface area contributed by atoms with Gasteiger partial charge in [-0.1, -0.05) is 60.7 Å². The van der Waals surface area contributed by atoms with Crippen LogP contribution in [-0.4, -0.2) is 9.97 Å². The highest BCUT2D eigenvalue weighted by Gasteiger charge is 2.01. The normalized spacial score (nSPS) is 11.1. The lowest BCUT2D eigenvalue weighted by atomic mass is 10.2. The molecule has 4 aromatic rings. The molecule has 4 rings (SSSR count). The Bertz CT molecular complexity index is 1130. The van der Waals surface area contributed by atoms with E-state index in [4.69, 9.17) is 4.74 Å². The van der Waals surface area contributed by atoms with Crippen molar-refractivity contribution >= 4 is 23.2 Å². The lowest BCUT2D eigenvalue weighted by molar-refractivity contribution is 0.306. The number of H-pyrrole nitrogens is 1. The molecule has 0 bridgehead atoms. The average Bonchev–Trinajstić information content (AvgIpc) is 2.72. The minimum Gasteiger partial charge on any atom is -0.489 e. The standard InChI is InChI=1S/C23H18N2O2/c26-23-22(24-20-8-4-5-9-21(20)25-23)15-12-17-10-13-19(14-11-17)27-16-18-6-2-1-3-7-18/h1-15H,16H2,(H,25,26)/b15-12+. The molecule has 0 amide bonds. The molecule has 3 aromatic carbocycles. The first-order chi connectivity index (χ1) is 13.3. The summed E-state index contributed by atoms with van der Waals surface area (Å²) in [6.45, 7) is 0.534.